The van der Waals surface area contributed by atoms with Crippen molar-refractivity contribution in [1.82, 2.24) is 0 Å². The van der Waals surface area contributed by atoms with Crippen LogP contribution in [0.1, 0.15) is 162 Å². The van der Waals surface area contributed by atoms with Gasteiger partial charge in [0.25, 0.3) is 0 Å². The van der Waals surface area contributed by atoms with Crippen LogP contribution < -0.4 is 5.73 Å². The lowest BCUT2D eigenvalue weighted by molar-refractivity contribution is -0.143. The second-order valence-corrected chi connectivity index (χ2v) is 12.3. The minimum Gasteiger partial charge on any atom is -0.466 e. The molecule has 7 heteroatoms. The Morgan fingerprint density at radius 3 is 1.45 bits per heavy atom. The van der Waals surface area contributed by atoms with E-state index in [4.69, 9.17) is 15.2 Å². The molecule has 0 radical (unpaired) electrons. The van der Waals surface area contributed by atoms with E-state index < -0.39 is 0 Å². The predicted molar refractivity (Wildman–Crippen MR) is 173 cm³/mol. The van der Waals surface area contributed by atoms with Crippen molar-refractivity contribution in [2.45, 2.75) is 162 Å². The van der Waals surface area contributed by atoms with Gasteiger partial charge in [-0.25, -0.2) is 0 Å². The van der Waals surface area contributed by atoms with E-state index >= 15 is 0 Å². The van der Waals surface area contributed by atoms with Crippen LogP contribution in [0.2, 0.25) is 0 Å². The minimum absolute atomic E-state index is 0.0000395. The maximum absolute atomic E-state index is 11.9. The molecule has 0 heterocycles. The van der Waals surface area contributed by atoms with E-state index in [1.807, 2.05) is 0 Å². The van der Waals surface area contributed by atoms with E-state index in [1.165, 1.54) is 103 Å². The first-order chi connectivity index (χ1) is 19.6. The number of aliphatic imine (C=N–C) groups is 1. The lowest BCUT2D eigenvalue weighted by Crippen LogP contribution is -2.16. The van der Waals surface area contributed by atoms with Gasteiger partial charge in [0.05, 0.1) is 25.5 Å². The molecule has 0 rings (SSSR count). The number of rotatable bonds is 31. The molecule has 0 saturated carbocycles. The molecule has 0 aliphatic rings. The Hall–Kier alpha value is -1.24. The van der Waals surface area contributed by atoms with Crippen molar-refractivity contribution in [1.29, 1.82) is 0 Å². The molecule has 236 valence electrons. The summed E-state index contributed by atoms with van der Waals surface area (Å²) in [6.45, 7) is 5.50. The minimum atomic E-state index is -0.307. The van der Waals surface area contributed by atoms with Crippen molar-refractivity contribution in [3.8, 4) is 0 Å². The maximum Gasteiger partial charge on any atom is 0.327 e. The van der Waals surface area contributed by atoms with Gasteiger partial charge in [-0.2, -0.15) is 11.8 Å². The number of carbonyl (C=O) groups excluding carboxylic acids is 2. The second kappa shape index (κ2) is 32.3. The molecule has 0 fully saturated rings. The van der Waals surface area contributed by atoms with Gasteiger partial charge in [-0.15, -0.1) is 0 Å². The number of ether oxygens (including phenoxy) is 2. The van der Waals surface area contributed by atoms with Crippen molar-refractivity contribution < 1.29 is 19.1 Å². The van der Waals surface area contributed by atoms with Gasteiger partial charge in [0.15, 0.2) is 0 Å². The fourth-order valence-electron chi connectivity index (χ4n) is 4.53. The molecule has 0 saturated heterocycles. The van der Waals surface area contributed by atoms with Crippen LogP contribution in [0.4, 0.5) is 0 Å². The van der Waals surface area contributed by atoms with Gasteiger partial charge >= 0.3 is 11.9 Å². The van der Waals surface area contributed by atoms with Crippen molar-refractivity contribution in [2.75, 3.05) is 31.3 Å². The highest BCUT2D eigenvalue weighted by Gasteiger charge is 2.05. The zero-order valence-corrected chi connectivity index (χ0v) is 27.2. The second-order valence-electron chi connectivity index (χ2n) is 11.1. The van der Waals surface area contributed by atoms with Crippen LogP contribution in [0, 0.1) is 0 Å². The molecule has 0 amide bonds. The average molecular weight is 585 g/mol. The largest absolute Gasteiger partial charge is 0.466 e. The summed E-state index contributed by atoms with van der Waals surface area (Å²) < 4.78 is 10.6. The van der Waals surface area contributed by atoms with Crippen molar-refractivity contribution in [3.63, 3.8) is 0 Å². The lowest BCUT2D eigenvalue weighted by atomic mass is 10.0. The molecular formula is C33H64N2O4S. The van der Waals surface area contributed by atoms with E-state index in [9.17, 15) is 9.59 Å². The molecule has 40 heavy (non-hydrogen) atoms. The predicted octanol–water partition coefficient (Wildman–Crippen LogP) is 9.18. The van der Waals surface area contributed by atoms with Crippen LogP contribution in [-0.4, -0.2) is 49.0 Å². The molecule has 0 aliphatic heterocycles. The van der Waals surface area contributed by atoms with Crippen LogP contribution in [-0.2, 0) is 19.1 Å². The molecule has 0 atom stereocenters. The zero-order valence-electron chi connectivity index (χ0n) is 26.4. The molecule has 6 nitrogen and oxygen atoms in total. The van der Waals surface area contributed by atoms with Crippen molar-refractivity contribution >= 4 is 29.5 Å². The Morgan fingerprint density at radius 2 is 0.975 bits per heavy atom. The van der Waals surface area contributed by atoms with E-state index in [1.54, 1.807) is 11.8 Å². The van der Waals surface area contributed by atoms with Gasteiger partial charge in [-0.05, 0) is 25.0 Å². The highest BCUT2D eigenvalue weighted by molar-refractivity contribution is 7.99. The molecule has 0 aromatic carbocycles. The fraction of sp³-hybridized carbons (Fsp3) is 0.909. The molecule has 0 bridgehead atoms. The van der Waals surface area contributed by atoms with E-state index in [-0.39, 0.29) is 18.5 Å². The van der Waals surface area contributed by atoms with Gasteiger partial charge in [0.1, 0.15) is 6.54 Å². The smallest absolute Gasteiger partial charge is 0.327 e. The van der Waals surface area contributed by atoms with Crippen molar-refractivity contribution in [3.05, 3.63) is 0 Å². The van der Waals surface area contributed by atoms with Crippen LogP contribution in [0.25, 0.3) is 0 Å². The monoisotopic (exact) mass is 584 g/mol. The molecule has 0 unspecified atom stereocenters. The quantitative estimate of drug-likeness (QED) is 0.0378. The molecule has 2 N–H and O–H groups in total. The normalized spacial score (nSPS) is 11.6. The van der Waals surface area contributed by atoms with Crippen LogP contribution >= 0.6 is 11.8 Å². The molecule has 0 aromatic rings. The molecule has 0 spiro atoms. The first-order valence-electron chi connectivity index (χ1n) is 16.8. The number of unbranched alkanes of at least 4 members (excludes halogenated alkanes) is 18. The summed E-state index contributed by atoms with van der Waals surface area (Å²) in [4.78, 5) is 27.8. The summed E-state index contributed by atoms with van der Waals surface area (Å²) in [6.07, 6.45) is 27.6. The van der Waals surface area contributed by atoms with Crippen LogP contribution in [0.5, 0.6) is 0 Å². The summed E-state index contributed by atoms with van der Waals surface area (Å²) in [5, 5.41) is 0. The fourth-order valence-corrected chi connectivity index (χ4v) is 5.39. The van der Waals surface area contributed by atoms with Gasteiger partial charge in [-0.3, -0.25) is 14.6 Å². The van der Waals surface area contributed by atoms with E-state index in [0.29, 0.717) is 31.9 Å². The Bertz CT molecular complexity index is 601. The van der Waals surface area contributed by atoms with Crippen LogP contribution in [0.15, 0.2) is 4.99 Å². The maximum atomic E-state index is 11.9. The summed E-state index contributed by atoms with van der Waals surface area (Å²) in [5.41, 5.74) is 5.91. The number of hydrogen-bond donors (Lipinski definition) is 1. The Kier molecular flexibility index (Phi) is 31.3. The van der Waals surface area contributed by atoms with Crippen molar-refractivity contribution in [2.24, 2.45) is 10.7 Å². The lowest BCUT2D eigenvalue weighted by Gasteiger charge is -2.06. The van der Waals surface area contributed by atoms with E-state index in [2.05, 4.69) is 18.8 Å². The SMILES string of the molecule is CCCCCCCCCCCCCCCCOC(=O)CCSCCCC(N)=NCC(=O)OCCCCCCCC. The number of nitrogens with two attached hydrogens (primary N) is 1. The number of thioether (sulfide) groups is 1. The van der Waals surface area contributed by atoms with Gasteiger partial charge in [0.2, 0.25) is 0 Å². The highest BCUT2D eigenvalue weighted by Crippen LogP contribution is 2.13. The number of amidine groups is 1. The third kappa shape index (κ3) is 31.3. The molecule has 0 aliphatic carbocycles. The highest BCUT2D eigenvalue weighted by atomic mass is 32.2. The third-order valence-electron chi connectivity index (χ3n) is 7.11. The Labute approximate surface area is 251 Å². The topological polar surface area (TPSA) is 91.0 Å². The molecule has 0 aromatic heterocycles. The molecular weight excluding hydrogens is 520 g/mol. The zero-order chi connectivity index (χ0) is 29.4. The van der Waals surface area contributed by atoms with Gasteiger partial charge in [0, 0.05) is 12.2 Å². The first kappa shape index (κ1) is 38.8. The third-order valence-corrected chi connectivity index (χ3v) is 8.18. The summed E-state index contributed by atoms with van der Waals surface area (Å²) in [6, 6.07) is 0. The first-order valence-corrected chi connectivity index (χ1v) is 17.9. The Morgan fingerprint density at radius 1 is 0.550 bits per heavy atom. The number of esters is 2. The standard InChI is InChI=1S/C33H64N2O4S/c1-3-5-7-9-11-12-13-14-15-16-17-18-20-21-26-38-32(36)25-29-40-28-23-24-31(34)35-30-33(37)39-27-22-19-10-8-6-4-2/h3-30H2,1-2H3,(H2,34,35). The van der Waals surface area contributed by atoms with E-state index in [0.717, 1.165) is 43.6 Å². The summed E-state index contributed by atoms with van der Waals surface area (Å²) in [7, 11) is 0. The number of nitrogens with zero attached hydrogens (tertiary/aromatic N) is 1. The summed E-state index contributed by atoms with van der Waals surface area (Å²) >= 11 is 1.73. The Balaban J connectivity index is 3.40. The number of hydrogen-bond acceptors (Lipinski definition) is 6. The number of carbonyl (C=O) groups is 2. The van der Waals surface area contributed by atoms with Crippen LogP contribution in [0.3, 0.4) is 0 Å². The van der Waals surface area contributed by atoms with Gasteiger partial charge in [-0.1, -0.05) is 129 Å². The summed E-state index contributed by atoms with van der Waals surface area (Å²) in [5.74, 6) is 1.76. The average Bonchev–Trinajstić information content (AvgIpc) is 2.95. The van der Waals surface area contributed by atoms with Gasteiger partial charge < -0.3 is 15.2 Å².